The second-order valence-corrected chi connectivity index (χ2v) is 5.60. The summed E-state index contributed by atoms with van der Waals surface area (Å²) in [6, 6.07) is 0.274. The van der Waals surface area contributed by atoms with E-state index < -0.39 is 10.0 Å². The lowest BCUT2D eigenvalue weighted by Crippen LogP contribution is -2.58. The Kier molecular flexibility index (Phi) is 2.53. The molecule has 0 spiro atoms. The van der Waals surface area contributed by atoms with Crippen LogP contribution in [-0.2, 0) is 17.1 Å². The van der Waals surface area contributed by atoms with Crippen LogP contribution >= 0.6 is 0 Å². The van der Waals surface area contributed by atoms with Gasteiger partial charge in [0.25, 0.3) is 0 Å². The number of nitrogens with one attached hydrogen (secondary N) is 1. The van der Waals surface area contributed by atoms with E-state index in [-0.39, 0.29) is 10.9 Å². The molecule has 15 heavy (non-hydrogen) atoms. The zero-order chi connectivity index (χ0) is 11.1. The predicted octanol–water partition coefficient (Wildman–Crippen LogP) is -0.988. The smallest absolute Gasteiger partial charge is 0.246 e. The summed E-state index contributed by atoms with van der Waals surface area (Å²) in [6.07, 6.45) is 2.89. The summed E-state index contributed by atoms with van der Waals surface area (Å²) in [6.45, 7) is 1.07. The fraction of sp³-hybridized carbons (Fsp3) is 0.625. The molecule has 0 aliphatic carbocycles. The van der Waals surface area contributed by atoms with Gasteiger partial charge in [-0.05, 0) is 7.05 Å². The van der Waals surface area contributed by atoms with Gasteiger partial charge in [-0.1, -0.05) is 0 Å². The molecule has 0 bridgehead atoms. The highest BCUT2D eigenvalue weighted by Gasteiger charge is 2.36. The van der Waals surface area contributed by atoms with Crippen molar-refractivity contribution in [3.63, 3.8) is 0 Å². The molecule has 1 aliphatic rings. The largest absolute Gasteiger partial charge is 0.314 e. The maximum absolute atomic E-state index is 11.9. The SMILES string of the molecule is CNC1CN(S(=O)(=O)c2cnn(C)c2)C1. The van der Waals surface area contributed by atoms with Crippen LogP contribution in [0.15, 0.2) is 17.3 Å². The van der Waals surface area contributed by atoms with Crippen LogP contribution in [0.1, 0.15) is 0 Å². The summed E-state index contributed by atoms with van der Waals surface area (Å²) < 4.78 is 26.8. The summed E-state index contributed by atoms with van der Waals surface area (Å²) in [4.78, 5) is 0.263. The summed E-state index contributed by atoms with van der Waals surface area (Å²) >= 11 is 0. The summed E-state index contributed by atoms with van der Waals surface area (Å²) in [7, 11) is 0.218. The third-order valence-electron chi connectivity index (χ3n) is 2.58. The van der Waals surface area contributed by atoms with Crippen LogP contribution in [0, 0.1) is 0 Å². The van der Waals surface area contributed by atoms with Gasteiger partial charge in [-0.2, -0.15) is 9.40 Å². The van der Waals surface area contributed by atoms with Gasteiger partial charge >= 0.3 is 0 Å². The van der Waals surface area contributed by atoms with Crippen LogP contribution in [0.3, 0.4) is 0 Å². The zero-order valence-corrected chi connectivity index (χ0v) is 9.53. The van der Waals surface area contributed by atoms with E-state index in [0.717, 1.165) is 0 Å². The molecule has 84 valence electrons. The first-order valence-corrected chi connectivity index (χ1v) is 6.14. The molecule has 1 saturated heterocycles. The van der Waals surface area contributed by atoms with E-state index in [0.29, 0.717) is 13.1 Å². The molecule has 6 nitrogen and oxygen atoms in total. The van der Waals surface area contributed by atoms with Crippen LogP contribution in [0.5, 0.6) is 0 Å². The van der Waals surface area contributed by atoms with Crippen molar-refractivity contribution in [3.05, 3.63) is 12.4 Å². The molecule has 1 aromatic heterocycles. The lowest BCUT2D eigenvalue weighted by Gasteiger charge is -2.37. The Morgan fingerprint density at radius 3 is 2.67 bits per heavy atom. The molecule has 0 unspecified atom stereocenters. The Labute approximate surface area is 88.9 Å². The van der Waals surface area contributed by atoms with Gasteiger partial charge in [0, 0.05) is 32.4 Å². The van der Waals surface area contributed by atoms with E-state index >= 15 is 0 Å². The number of hydrogen-bond donors (Lipinski definition) is 1. The minimum atomic E-state index is -3.31. The third-order valence-corrected chi connectivity index (χ3v) is 4.36. The number of hydrogen-bond acceptors (Lipinski definition) is 4. The molecule has 2 heterocycles. The Hall–Kier alpha value is -0.920. The highest BCUT2D eigenvalue weighted by Crippen LogP contribution is 2.20. The maximum Gasteiger partial charge on any atom is 0.246 e. The lowest BCUT2D eigenvalue weighted by molar-refractivity contribution is 0.237. The van der Waals surface area contributed by atoms with Gasteiger partial charge < -0.3 is 5.32 Å². The number of sulfonamides is 1. The fourth-order valence-corrected chi connectivity index (χ4v) is 3.01. The van der Waals surface area contributed by atoms with E-state index in [1.165, 1.54) is 21.4 Å². The average molecular weight is 230 g/mol. The summed E-state index contributed by atoms with van der Waals surface area (Å²) in [5.41, 5.74) is 0. The Morgan fingerprint density at radius 1 is 1.53 bits per heavy atom. The molecular weight excluding hydrogens is 216 g/mol. The second-order valence-electron chi connectivity index (χ2n) is 3.66. The summed E-state index contributed by atoms with van der Waals surface area (Å²) in [5.74, 6) is 0. The van der Waals surface area contributed by atoms with Crippen molar-refractivity contribution in [1.29, 1.82) is 0 Å². The van der Waals surface area contributed by atoms with E-state index in [2.05, 4.69) is 10.4 Å². The molecule has 7 heteroatoms. The first-order valence-electron chi connectivity index (χ1n) is 4.70. The van der Waals surface area contributed by atoms with Crippen molar-refractivity contribution in [2.24, 2.45) is 7.05 Å². The van der Waals surface area contributed by atoms with E-state index in [1.807, 2.05) is 7.05 Å². The molecule has 0 aromatic carbocycles. The van der Waals surface area contributed by atoms with Crippen molar-refractivity contribution in [2.75, 3.05) is 20.1 Å². The Bertz CT molecular complexity index is 447. The highest BCUT2D eigenvalue weighted by atomic mass is 32.2. The van der Waals surface area contributed by atoms with Crippen molar-refractivity contribution < 1.29 is 8.42 Å². The molecule has 2 rings (SSSR count). The Morgan fingerprint density at radius 2 is 2.20 bits per heavy atom. The number of likely N-dealkylation sites (N-methyl/N-ethyl adjacent to an activating group) is 1. The van der Waals surface area contributed by atoms with Gasteiger partial charge in [-0.3, -0.25) is 4.68 Å². The first-order chi connectivity index (χ1) is 7.04. The molecule has 1 N–H and O–H groups in total. The number of rotatable bonds is 3. The topological polar surface area (TPSA) is 67.2 Å². The van der Waals surface area contributed by atoms with Crippen molar-refractivity contribution >= 4 is 10.0 Å². The first kappa shape index (κ1) is 10.6. The molecular formula is C8H14N4O2S. The summed E-state index contributed by atoms with van der Waals surface area (Å²) in [5, 5.41) is 6.89. The molecule has 1 aromatic rings. The van der Waals surface area contributed by atoms with E-state index in [9.17, 15) is 8.42 Å². The van der Waals surface area contributed by atoms with Gasteiger partial charge in [-0.25, -0.2) is 8.42 Å². The lowest BCUT2D eigenvalue weighted by atomic mass is 10.2. The predicted molar refractivity (Wildman–Crippen MR) is 54.8 cm³/mol. The van der Waals surface area contributed by atoms with Crippen LogP contribution in [0.2, 0.25) is 0 Å². The van der Waals surface area contributed by atoms with Crippen molar-refractivity contribution in [2.45, 2.75) is 10.9 Å². The highest BCUT2D eigenvalue weighted by molar-refractivity contribution is 7.89. The molecule has 1 aliphatic heterocycles. The standard InChI is InChI=1S/C8H14N4O2S/c1-9-7-4-12(5-7)15(13,14)8-3-10-11(2)6-8/h3,6-7,9H,4-5H2,1-2H3. The number of aromatic nitrogens is 2. The zero-order valence-electron chi connectivity index (χ0n) is 8.71. The van der Waals surface area contributed by atoms with E-state index in [4.69, 9.17) is 0 Å². The fourth-order valence-electron chi connectivity index (χ4n) is 1.50. The van der Waals surface area contributed by atoms with Crippen LogP contribution in [0.4, 0.5) is 0 Å². The van der Waals surface area contributed by atoms with Crippen molar-refractivity contribution in [3.8, 4) is 0 Å². The van der Waals surface area contributed by atoms with Gasteiger partial charge in [0.05, 0.1) is 6.20 Å². The number of nitrogens with zero attached hydrogens (tertiary/aromatic N) is 3. The van der Waals surface area contributed by atoms with Crippen LogP contribution in [-0.4, -0.2) is 48.7 Å². The van der Waals surface area contributed by atoms with Crippen LogP contribution in [0.25, 0.3) is 0 Å². The molecule has 0 radical (unpaired) electrons. The monoisotopic (exact) mass is 230 g/mol. The quantitative estimate of drug-likeness (QED) is 0.724. The minimum absolute atomic E-state index is 0.263. The van der Waals surface area contributed by atoms with Gasteiger partial charge in [0.2, 0.25) is 10.0 Å². The number of aryl methyl sites for hydroxylation is 1. The van der Waals surface area contributed by atoms with Gasteiger partial charge in [-0.15, -0.1) is 0 Å². The van der Waals surface area contributed by atoms with E-state index in [1.54, 1.807) is 7.05 Å². The van der Waals surface area contributed by atoms with Crippen LogP contribution < -0.4 is 5.32 Å². The minimum Gasteiger partial charge on any atom is -0.314 e. The third kappa shape index (κ3) is 1.77. The normalized spacial score (nSPS) is 19.1. The molecule has 0 amide bonds. The van der Waals surface area contributed by atoms with Gasteiger partial charge in [0.15, 0.2) is 0 Å². The maximum atomic E-state index is 11.9. The Balaban J connectivity index is 2.15. The van der Waals surface area contributed by atoms with Gasteiger partial charge in [0.1, 0.15) is 4.90 Å². The second kappa shape index (κ2) is 3.58. The molecule has 0 saturated carbocycles. The molecule has 0 atom stereocenters. The molecule has 1 fully saturated rings. The average Bonchev–Trinajstić information content (AvgIpc) is 2.50. The van der Waals surface area contributed by atoms with Crippen molar-refractivity contribution in [1.82, 2.24) is 19.4 Å².